The number of aromatic nitrogens is 4. The zero-order chi connectivity index (χ0) is 41.7. The number of hydrogen-bond acceptors (Lipinski definition) is 12. The first-order chi connectivity index (χ1) is 27.7. The van der Waals surface area contributed by atoms with Gasteiger partial charge in [-0.25, -0.2) is 24.9 Å². The van der Waals surface area contributed by atoms with E-state index in [1.807, 2.05) is 16.7 Å². The summed E-state index contributed by atoms with van der Waals surface area (Å²) in [6, 6.07) is 2.38. The first-order valence-corrected chi connectivity index (χ1v) is 19.7. The van der Waals surface area contributed by atoms with Crippen LogP contribution in [0.2, 0.25) is 0 Å². The molecule has 2 saturated carbocycles. The third-order valence-electron chi connectivity index (χ3n) is 12.0. The summed E-state index contributed by atoms with van der Waals surface area (Å²) in [6.45, 7) is 14.4. The Kier molecular flexibility index (Phi) is 11.2. The van der Waals surface area contributed by atoms with Crippen LogP contribution in [-0.2, 0) is 0 Å². The van der Waals surface area contributed by atoms with Gasteiger partial charge in [0, 0.05) is 50.3 Å². The molecular weight excluding hydrogens is 756 g/mol. The number of anilines is 2. The second kappa shape index (κ2) is 16.0. The molecule has 2 saturated heterocycles. The lowest BCUT2D eigenvalue weighted by molar-refractivity contribution is 0.404. The number of nitrogens with zero attached hydrogens (tertiary/aromatic N) is 7. The molecule has 4 fully saturated rings. The summed E-state index contributed by atoms with van der Waals surface area (Å²) in [5.74, 6) is 11.1. The van der Waals surface area contributed by atoms with Crippen LogP contribution in [0.3, 0.4) is 0 Å². The van der Waals surface area contributed by atoms with Gasteiger partial charge >= 0.3 is 11.4 Å². The van der Waals surface area contributed by atoms with E-state index in [1.54, 1.807) is 0 Å². The lowest BCUT2D eigenvalue weighted by Gasteiger charge is -2.25. The molecule has 2 unspecified atom stereocenters. The number of methoxy groups -OCH3 is 2. The van der Waals surface area contributed by atoms with Crippen molar-refractivity contribution in [3.05, 3.63) is 76.9 Å². The van der Waals surface area contributed by atoms with Crippen LogP contribution in [0.5, 0.6) is 11.5 Å². The number of benzene rings is 2. The first kappa shape index (κ1) is 40.6. The van der Waals surface area contributed by atoms with Crippen LogP contribution < -0.4 is 64.5 Å². The number of fused-ring (bicyclic) bond motifs is 2. The monoisotopic (exact) mass is 807 g/mol. The van der Waals surface area contributed by atoms with Crippen molar-refractivity contribution in [2.24, 2.45) is 17.6 Å². The van der Waals surface area contributed by atoms with Gasteiger partial charge < -0.3 is 46.9 Å². The summed E-state index contributed by atoms with van der Waals surface area (Å²) >= 11 is 0. The number of ether oxygens (including phenoxy) is 2. The molecular formula is C39H51F2N11O6. The smallest absolute Gasteiger partial charge is 0.350 e. The summed E-state index contributed by atoms with van der Waals surface area (Å²) in [5.41, 5.74) is 4.49. The standard InChI is InChI=1S/C21H27FN6O3.C18H24FN5O3/c1-12(25-8-7-24-2)13-6-9-26(11-13)18-16(22)10-15-17(19(18)31-3)27(14-4-5-14)21(30)28(23)20(15)29;1-9(20)10-5-6-22(8-10)15-13(19)7-12-14(16(15)27-2)23(11-3-4-11)18(26)24(21)17(12)25/h10,12-14,25H,4-9,11,23H2,1,3H3;7,9-11H,3-6,8,20-21H2,1-2H3/t12?,13-;9?,10-/m11/s1. The van der Waals surface area contributed by atoms with Crippen molar-refractivity contribution in [3.63, 3.8) is 0 Å². The van der Waals surface area contributed by atoms with E-state index in [2.05, 4.69) is 17.1 Å². The van der Waals surface area contributed by atoms with Gasteiger partial charge in [-0.05, 0) is 76.3 Å². The lowest BCUT2D eigenvalue weighted by Crippen LogP contribution is -2.44. The van der Waals surface area contributed by atoms with E-state index >= 15 is 8.78 Å². The number of nitrogen functional groups attached to an aromatic ring is 2. The van der Waals surface area contributed by atoms with E-state index in [0.717, 1.165) is 44.6 Å². The predicted octanol–water partition coefficient (Wildman–Crippen LogP) is 1.62. The minimum Gasteiger partial charge on any atom is -0.492 e. The molecule has 19 heteroatoms. The molecule has 17 nitrogen and oxygen atoms in total. The van der Waals surface area contributed by atoms with Crippen LogP contribution in [0.15, 0.2) is 31.3 Å². The van der Waals surface area contributed by atoms with E-state index in [9.17, 15) is 19.2 Å². The van der Waals surface area contributed by atoms with Gasteiger partial charge in [0.05, 0.1) is 31.5 Å². The van der Waals surface area contributed by atoms with Gasteiger partial charge in [0.15, 0.2) is 23.1 Å². The molecule has 312 valence electrons. The zero-order valence-electron chi connectivity index (χ0n) is 33.2. The highest BCUT2D eigenvalue weighted by atomic mass is 19.1. The fraction of sp³-hybridized carbons (Fsp3) is 0.564. The van der Waals surface area contributed by atoms with Crippen molar-refractivity contribution >= 4 is 33.2 Å². The average molecular weight is 808 g/mol. The Balaban J connectivity index is 0.000000178. The molecule has 2 aliphatic carbocycles. The van der Waals surface area contributed by atoms with Crippen LogP contribution in [0.1, 0.15) is 64.5 Å². The predicted molar refractivity (Wildman–Crippen MR) is 218 cm³/mol. The van der Waals surface area contributed by atoms with Crippen LogP contribution in [0.25, 0.3) is 26.7 Å². The van der Waals surface area contributed by atoms with Crippen molar-refractivity contribution in [2.45, 2.75) is 76.5 Å². The summed E-state index contributed by atoms with van der Waals surface area (Å²) in [4.78, 5) is 57.7. The van der Waals surface area contributed by atoms with Crippen LogP contribution in [0, 0.1) is 30.0 Å². The molecule has 2 aromatic heterocycles. The van der Waals surface area contributed by atoms with E-state index < -0.39 is 34.1 Å². The Morgan fingerprint density at radius 3 is 1.59 bits per heavy atom. The molecule has 2 aromatic carbocycles. The van der Waals surface area contributed by atoms with Gasteiger partial charge in [0.1, 0.15) is 22.4 Å². The second-order valence-corrected chi connectivity index (χ2v) is 15.9. The minimum absolute atomic E-state index is 0.00130. The summed E-state index contributed by atoms with van der Waals surface area (Å²) < 4.78 is 45.6. The topological polar surface area (TPSA) is 207 Å². The van der Waals surface area contributed by atoms with E-state index in [0.29, 0.717) is 59.7 Å². The SMILES string of the molecule is COc1c(N2CC[C@@H](C(C)N)C2)c(F)cc2c(=O)n(N)c(=O)n(C3CC3)c12.[C-]#[N+]CCNC(C)[C@@H]1CCN(c2c(F)cc3c(=O)n(N)c(=O)n(C4CC4)c3c2OC)C1. The van der Waals surface area contributed by atoms with Crippen molar-refractivity contribution in [2.75, 3.05) is 75.0 Å². The highest BCUT2D eigenvalue weighted by molar-refractivity contribution is 5.92. The molecule has 8 rings (SSSR count). The van der Waals surface area contributed by atoms with Gasteiger partial charge in [-0.3, -0.25) is 18.7 Å². The van der Waals surface area contributed by atoms with Gasteiger partial charge in [-0.1, -0.05) is 0 Å². The average Bonchev–Trinajstić information content (AvgIpc) is 4.13. The Hall–Kier alpha value is -5.61. The maximum Gasteiger partial charge on any atom is 0.350 e. The number of nitrogens with one attached hydrogen (secondary N) is 1. The molecule has 0 bridgehead atoms. The van der Waals surface area contributed by atoms with E-state index in [4.69, 9.17) is 33.5 Å². The zero-order valence-corrected chi connectivity index (χ0v) is 33.2. The molecule has 0 radical (unpaired) electrons. The summed E-state index contributed by atoms with van der Waals surface area (Å²) in [7, 11) is 2.85. The van der Waals surface area contributed by atoms with Gasteiger partial charge in [0.2, 0.25) is 6.54 Å². The van der Waals surface area contributed by atoms with Crippen molar-refractivity contribution in [1.82, 2.24) is 23.8 Å². The van der Waals surface area contributed by atoms with Crippen LogP contribution in [-0.4, -0.2) is 84.1 Å². The number of rotatable bonds is 11. The van der Waals surface area contributed by atoms with Crippen molar-refractivity contribution in [1.29, 1.82) is 0 Å². The minimum atomic E-state index is -0.738. The maximum absolute atomic E-state index is 15.3. The molecule has 58 heavy (non-hydrogen) atoms. The largest absolute Gasteiger partial charge is 0.492 e. The number of nitrogens with two attached hydrogens (primary N) is 3. The molecule has 0 amide bonds. The molecule has 4 atom stereocenters. The second-order valence-electron chi connectivity index (χ2n) is 15.9. The van der Waals surface area contributed by atoms with Crippen LogP contribution in [0.4, 0.5) is 20.2 Å². The normalized spacial score (nSPS) is 20.2. The lowest BCUT2D eigenvalue weighted by atomic mass is 10.0. The highest BCUT2D eigenvalue weighted by Gasteiger charge is 2.37. The fourth-order valence-electron chi connectivity index (χ4n) is 8.53. The quantitative estimate of drug-likeness (QED) is 0.0970. The Bertz CT molecular complexity index is 2540. The molecule has 7 N–H and O–H groups in total. The molecule has 4 aliphatic rings. The number of hydrogen-bond donors (Lipinski definition) is 4. The van der Waals surface area contributed by atoms with Gasteiger partial charge in [-0.15, -0.1) is 0 Å². The fourth-order valence-corrected chi connectivity index (χ4v) is 8.53. The molecule has 4 aromatic rings. The van der Waals surface area contributed by atoms with Gasteiger partial charge in [0.25, 0.3) is 11.1 Å². The van der Waals surface area contributed by atoms with Crippen molar-refractivity contribution in [3.8, 4) is 11.5 Å². The van der Waals surface area contributed by atoms with Crippen molar-refractivity contribution < 1.29 is 18.3 Å². The first-order valence-electron chi connectivity index (χ1n) is 19.7. The third-order valence-corrected chi connectivity index (χ3v) is 12.0. The molecule has 4 heterocycles. The Morgan fingerprint density at radius 2 is 1.21 bits per heavy atom. The molecule has 0 spiro atoms. The highest BCUT2D eigenvalue weighted by Crippen LogP contribution is 2.45. The third kappa shape index (κ3) is 7.12. The van der Waals surface area contributed by atoms with E-state index in [-0.39, 0.29) is 69.6 Å². The Labute approximate surface area is 332 Å². The summed E-state index contributed by atoms with van der Waals surface area (Å²) in [5, 5.41) is 3.44. The Morgan fingerprint density at radius 1 is 0.776 bits per heavy atom. The van der Waals surface area contributed by atoms with Gasteiger partial charge in [-0.2, -0.15) is 9.35 Å². The van der Waals surface area contributed by atoms with Crippen LogP contribution >= 0.6 is 0 Å². The van der Waals surface area contributed by atoms with E-state index in [1.165, 1.54) is 29.4 Å². The maximum atomic E-state index is 15.3. The molecule has 2 aliphatic heterocycles. The summed E-state index contributed by atoms with van der Waals surface area (Å²) in [6.07, 6.45) is 4.90. The number of halogens is 2.